The maximum absolute atomic E-state index is 13.1. The molecule has 5 rings (SSSR count). The topological polar surface area (TPSA) is 88.8 Å². The lowest BCUT2D eigenvalue weighted by molar-refractivity contribution is -0.122. The number of fused-ring (bicyclic) bond motifs is 1. The van der Waals surface area contributed by atoms with Crippen LogP contribution in [0.5, 0.6) is 5.75 Å². The molecule has 180 valence electrons. The van der Waals surface area contributed by atoms with Gasteiger partial charge in [-0.05, 0) is 48.2 Å². The minimum absolute atomic E-state index is 0.0266. The first-order valence-corrected chi connectivity index (χ1v) is 12.6. The molecule has 3 heterocycles. The van der Waals surface area contributed by atoms with Crippen LogP contribution in [0.3, 0.4) is 0 Å². The molecule has 1 aliphatic heterocycles. The van der Waals surface area contributed by atoms with E-state index in [1.54, 1.807) is 16.5 Å². The Hall–Kier alpha value is -3.72. The van der Waals surface area contributed by atoms with Crippen LogP contribution in [0.4, 0.5) is 11.6 Å². The van der Waals surface area contributed by atoms with Gasteiger partial charge >= 0.3 is 0 Å². The van der Waals surface area contributed by atoms with E-state index in [-0.39, 0.29) is 24.2 Å². The van der Waals surface area contributed by atoms with Crippen LogP contribution in [0.15, 0.2) is 47.8 Å². The predicted octanol–water partition coefficient (Wildman–Crippen LogP) is 4.58. The normalized spacial score (nSPS) is 15.7. The van der Waals surface area contributed by atoms with Gasteiger partial charge in [-0.15, -0.1) is 16.4 Å². The maximum atomic E-state index is 13.1. The molecular formula is C26H27N5O3S. The van der Waals surface area contributed by atoms with E-state index in [1.807, 2.05) is 35.7 Å². The number of benzene rings is 2. The molecule has 0 aliphatic carbocycles. The van der Waals surface area contributed by atoms with Gasteiger partial charge in [0.2, 0.25) is 22.7 Å². The quantitative estimate of drug-likeness (QED) is 0.410. The molecule has 1 atom stereocenters. The van der Waals surface area contributed by atoms with Crippen LogP contribution >= 0.6 is 11.3 Å². The second kappa shape index (κ2) is 9.50. The van der Waals surface area contributed by atoms with Crippen LogP contribution in [-0.4, -0.2) is 40.1 Å². The molecule has 1 aliphatic rings. The van der Waals surface area contributed by atoms with E-state index in [1.165, 1.54) is 11.3 Å². The Morgan fingerprint density at radius 1 is 1.14 bits per heavy atom. The summed E-state index contributed by atoms with van der Waals surface area (Å²) >= 11 is 1.45. The van der Waals surface area contributed by atoms with Gasteiger partial charge in [0.15, 0.2) is 0 Å². The summed E-state index contributed by atoms with van der Waals surface area (Å²) in [5, 5.41) is 9.32. The molecule has 0 spiro atoms. The Bertz CT molecular complexity index is 1370. The first-order chi connectivity index (χ1) is 17.0. The summed E-state index contributed by atoms with van der Waals surface area (Å²) in [7, 11) is 1.63. The molecule has 9 heteroatoms. The number of thiazole rings is 1. The lowest BCUT2D eigenvalue weighted by Gasteiger charge is -2.23. The second-order valence-electron chi connectivity index (χ2n) is 8.51. The van der Waals surface area contributed by atoms with Crippen molar-refractivity contribution in [2.24, 2.45) is 5.92 Å². The summed E-state index contributed by atoms with van der Waals surface area (Å²) in [5.41, 5.74) is 5.06. The number of anilines is 2. The molecule has 2 aromatic heterocycles. The van der Waals surface area contributed by atoms with Crippen molar-refractivity contribution in [3.63, 3.8) is 0 Å². The molecule has 4 aromatic rings. The van der Waals surface area contributed by atoms with E-state index in [0.29, 0.717) is 11.5 Å². The number of carbonyl (C=O) groups is 2. The molecular weight excluding hydrogens is 462 g/mol. The fraction of sp³-hybridized carbons (Fsp3) is 0.308. The maximum Gasteiger partial charge on any atom is 0.250 e. The lowest BCUT2D eigenvalue weighted by atomic mass is 10.0. The molecule has 35 heavy (non-hydrogen) atoms. The summed E-state index contributed by atoms with van der Waals surface area (Å²) < 4.78 is 6.95. The molecule has 0 radical (unpaired) electrons. The third-order valence-electron chi connectivity index (χ3n) is 6.43. The second-order valence-corrected chi connectivity index (χ2v) is 9.34. The van der Waals surface area contributed by atoms with Crippen molar-refractivity contribution < 1.29 is 14.3 Å². The molecule has 8 nitrogen and oxygen atoms in total. The zero-order valence-electron chi connectivity index (χ0n) is 19.9. The molecule has 1 saturated heterocycles. The van der Waals surface area contributed by atoms with Gasteiger partial charge in [0, 0.05) is 29.6 Å². The zero-order chi connectivity index (χ0) is 24.5. The number of ether oxygens (including phenoxy) is 1. The predicted molar refractivity (Wildman–Crippen MR) is 137 cm³/mol. The number of para-hydroxylation sites is 1. The number of hydrogen-bond acceptors (Lipinski definition) is 6. The van der Waals surface area contributed by atoms with E-state index < -0.39 is 5.92 Å². The summed E-state index contributed by atoms with van der Waals surface area (Å²) in [4.78, 5) is 32.9. The summed E-state index contributed by atoms with van der Waals surface area (Å²) in [6.07, 6.45) is 1.83. The van der Waals surface area contributed by atoms with Crippen LogP contribution in [0.2, 0.25) is 0 Å². The number of carbonyl (C=O) groups excluding carboxylic acids is 2. The number of methoxy groups -OCH3 is 1. The van der Waals surface area contributed by atoms with Crippen molar-refractivity contribution in [3.05, 3.63) is 59.0 Å². The number of nitrogens with zero attached hydrogens (tertiary/aromatic N) is 4. The summed E-state index contributed by atoms with van der Waals surface area (Å²) in [6.45, 7) is 4.52. The Labute approximate surface area is 207 Å². The fourth-order valence-corrected chi connectivity index (χ4v) is 5.40. The van der Waals surface area contributed by atoms with Crippen molar-refractivity contribution in [2.75, 3.05) is 23.9 Å². The largest absolute Gasteiger partial charge is 0.497 e. The van der Waals surface area contributed by atoms with Crippen molar-refractivity contribution >= 4 is 39.7 Å². The van der Waals surface area contributed by atoms with Crippen LogP contribution < -0.4 is 15.0 Å². The van der Waals surface area contributed by atoms with Gasteiger partial charge in [-0.3, -0.25) is 14.9 Å². The first-order valence-electron chi connectivity index (χ1n) is 11.7. The van der Waals surface area contributed by atoms with Crippen molar-refractivity contribution in [3.8, 4) is 17.0 Å². The Morgan fingerprint density at radius 2 is 1.86 bits per heavy atom. The lowest BCUT2D eigenvalue weighted by Crippen LogP contribution is -2.29. The van der Waals surface area contributed by atoms with Gasteiger partial charge in [-0.1, -0.05) is 32.0 Å². The zero-order valence-corrected chi connectivity index (χ0v) is 20.8. The van der Waals surface area contributed by atoms with E-state index in [9.17, 15) is 9.59 Å². The highest BCUT2D eigenvalue weighted by atomic mass is 32.1. The van der Waals surface area contributed by atoms with Crippen LogP contribution in [0.1, 0.15) is 31.4 Å². The van der Waals surface area contributed by atoms with Gasteiger partial charge in [0.25, 0.3) is 0 Å². The van der Waals surface area contributed by atoms with E-state index in [2.05, 4.69) is 41.4 Å². The third-order valence-corrected chi connectivity index (χ3v) is 7.25. The van der Waals surface area contributed by atoms with Crippen molar-refractivity contribution in [1.82, 2.24) is 14.6 Å². The number of amides is 2. The smallest absolute Gasteiger partial charge is 0.250 e. The monoisotopic (exact) mass is 489 g/mol. The molecule has 2 aromatic carbocycles. The van der Waals surface area contributed by atoms with Gasteiger partial charge in [-0.2, -0.15) is 4.98 Å². The number of hydrogen-bond donors (Lipinski definition) is 1. The third kappa shape index (κ3) is 4.27. The van der Waals surface area contributed by atoms with Crippen molar-refractivity contribution in [2.45, 2.75) is 33.1 Å². The van der Waals surface area contributed by atoms with E-state index >= 15 is 0 Å². The SMILES string of the molecule is CCc1cccc(CC)c1N1CC(C(=O)Nc2nc3scc(-c4ccc(OC)cc4)n3n2)CC1=O. The van der Waals surface area contributed by atoms with Gasteiger partial charge in [0.1, 0.15) is 5.75 Å². The van der Waals surface area contributed by atoms with Crippen LogP contribution in [-0.2, 0) is 22.4 Å². The van der Waals surface area contributed by atoms with E-state index in [4.69, 9.17) is 4.74 Å². The first kappa shape index (κ1) is 23.0. The minimum Gasteiger partial charge on any atom is -0.497 e. The highest BCUT2D eigenvalue weighted by Crippen LogP contribution is 2.33. The van der Waals surface area contributed by atoms with Crippen molar-refractivity contribution in [1.29, 1.82) is 0 Å². The standard InChI is InChI=1S/C26H27N5O3S/c1-4-16-7-6-8-17(5-2)23(16)30-14-19(13-22(30)32)24(33)27-25-28-26-31(29-25)21(15-35-26)18-9-11-20(34-3)12-10-18/h6-12,15,19H,4-5,13-14H2,1-3H3,(H,27,29,33). The van der Waals surface area contributed by atoms with E-state index in [0.717, 1.165) is 46.7 Å². The van der Waals surface area contributed by atoms with Gasteiger partial charge in [0.05, 0.1) is 18.7 Å². The van der Waals surface area contributed by atoms with Crippen LogP contribution in [0, 0.1) is 5.92 Å². The van der Waals surface area contributed by atoms with Crippen LogP contribution in [0.25, 0.3) is 16.2 Å². The minimum atomic E-state index is -0.459. The summed E-state index contributed by atoms with van der Waals surface area (Å²) in [5.74, 6) is 0.295. The molecule has 1 fully saturated rings. The number of nitrogens with one attached hydrogen (secondary N) is 1. The molecule has 0 bridgehead atoms. The number of aromatic nitrogens is 3. The highest BCUT2D eigenvalue weighted by Gasteiger charge is 2.37. The fourth-order valence-electron chi connectivity index (χ4n) is 4.57. The molecule has 2 amide bonds. The highest BCUT2D eigenvalue weighted by molar-refractivity contribution is 7.15. The molecule has 1 unspecified atom stereocenters. The Kier molecular flexibility index (Phi) is 6.25. The molecule has 1 N–H and O–H groups in total. The average Bonchev–Trinajstić information content (AvgIpc) is 3.57. The average molecular weight is 490 g/mol. The number of rotatable bonds is 7. The Balaban J connectivity index is 1.34. The van der Waals surface area contributed by atoms with Gasteiger partial charge in [-0.25, -0.2) is 4.52 Å². The summed E-state index contributed by atoms with van der Waals surface area (Å²) in [6, 6.07) is 13.8. The van der Waals surface area contributed by atoms with Gasteiger partial charge < -0.3 is 9.64 Å². The Morgan fingerprint density at radius 3 is 2.51 bits per heavy atom. The molecule has 0 saturated carbocycles. The number of aryl methyl sites for hydroxylation is 2.